The summed E-state index contributed by atoms with van der Waals surface area (Å²) in [6.45, 7) is 5.24. The molecule has 3 aromatic heterocycles. The van der Waals surface area contributed by atoms with Gasteiger partial charge in [0.05, 0.1) is 6.04 Å². The molecule has 3 aromatic rings. The molecule has 0 bridgehead atoms. The highest BCUT2D eigenvalue weighted by Gasteiger charge is 2.26. The SMILES string of the molecule is CC(C)c1nnc2sc(C3NCCc4sccc43)nn12. The molecular formula is C13H15N5S2. The van der Waals surface area contributed by atoms with E-state index in [0.717, 1.165) is 28.8 Å². The summed E-state index contributed by atoms with van der Waals surface area (Å²) in [5.74, 6) is 1.26. The van der Waals surface area contributed by atoms with Gasteiger partial charge in [0.25, 0.3) is 0 Å². The van der Waals surface area contributed by atoms with Crippen LogP contribution < -0.4 is 5.32 Å². The van der Waals surface area contributed by atoms with Crippen LogP contribution in [0.25, 0.3) is 4.96 Å². The predicted molar refractivity (Wildman–Crippen MR) is 80.6 cm³/mol. The van der Waals surface area contributed by atoms with E-state index in [-0.39, 0.29) is 6.04 Å². The fourth-order valence-electron chi connectivity index (χ4n) is 2.59. The first-order valence-corrected chi connectivity index (χ1v) is 8.45. The van der Waals surface area contributed by atoms with Crippen LogP contribution in [0.5, 0.6) is 0 Å². The van der Waals surface area contributed by atoms with Crippen molar-refractivity contribution in [2.24, 2.45) is 0 Å². The van der Waals surface area contributed by atoms with Gasteiger partial charge in [-0.3, -0.25) is 0 Å². The van der Waals surface area contributed by atoms with Crippen molar-refractivity contribution < 1.29 is 0 Å². The predicted octanol–water partition coefficient (Wildman–Crippen LogP) is 2.61. The van der Waals surface area contributed by atoms with Gasteiger partial charge >= 0.3 is 0 Å². The lowest BCUT2D eigenvalue weighted by molar-refractivity contribution is 0.563. The van der Waals surface area contributed by atoms with Gasteiger partial charge in [0.1, 0.15) is 5.01 Å². The molecule has 0 saturated carbocycles. The molecular weight excluding hydrogens is 290 g/mol. The van der Waals surface area contributed by atoms with E-state index >= 15 is 0 Å². The molecule has 20 heavy (non-hydrogen) atoms. The zero-order valence-electron chi connectivity index (χ0n) is 11.3. The second-order valence-corrected chi connectivity index (χ2v) is 7.27. The molecule has 0 amide bonds. The maximum Gasteiger partial charge on any atom is 0.234 e. The Hall–Kier alpha value is -1.31. The molecule has 1 atom stereocenters. The van der Waals surface area contributed by atoms with E-state index in [1.165, 1.54) is 10.4 Å². The Morgan fingerprint density at radius 1 is 1.40 bits per heavy atom. The van der Waals surface area contributed by atoms with Crippen molar-refractivity contribution in [2.45, 2.75) is 32.2 Å². The Morgan fingerprint density at radius 3 is 3.15 bits per heavy atom. The van der Waals surface area contributed by atoms with E-state index in [2.05, 4.69) is 40.8 Å². The zero-order chi connectivity index (χ0) is 13.7. The smallest absolute Gasteiger partial charge is 0.234 e. The molecule has 0 saturated heterocycles. The largest absolute Gasteiger partial charge is 0.304 e. The zero-order valence-corrected chi connectivity index (χ0v) is 13.0. The second-order valence-electron chi connectivity index (χ2n) is 5.28. The minimum atomic E-state index is 0.205. The molecule has 7 heteroatoms. The average molecular weight is 305 g/mol. The number of thiophene rings is 1. The first-order chi connectivity index (χ1) is 9.74. The van der Waals surface area contributed by atoms with Gasteiger partial charge in [-0.2, -0.15) is 9.61 Å². The van der Waals surface area contributed by atoms with Crippen LogP contribution in [0.15, 0.2) is 11.4 Å². The number of rotatable bonds is 2. The van der Waals surface area contributed by atoms with Crippen LogP contribution in [0.2, 0.25) is 0 Å². The molecule has 5 nitrogen and oxygen atoms in total. The van der Waals surface area contributed by atoms with Gasteiger partial charge in [-0.15, -0.1) is 21.5 Å². The quantitative estimate of drug-likeness (QED) is 0.791. The maximum absolute atomic E-state index is 4.75. The Kier molecular flexibility index (Phi) is 2.87. The molecule has 0 spiro atoms. The number of hydrogen-bond acceptors (Lipinski definition) is 6. The van der Waals surface area contributed by atoms with Gasteiger partial charge in [-0.1, -0.05) is 25.2 Å². The van der Waals surface area contributed by atoms with E-state index in [1.807, 2.05) is 15.9 Å². The molecule has 4 rings (SSSR count). The van der Waals surface area contributed by atoms with Gasteiger partial charge in [-0.25, -0.2) is 0 Å². The summed E-state index contributed by atoms with van der Waals surface area (Å²) in [7, 11) is 0. The number of hydrogen-bond donors (Lipinski definition) is 1. The van der Waals surface area contributed by atoms with E-state index in [0.29, 0.717) is 5.92 Å². The lowest BCUT2D eigenvalue weighted by atomic mass is 10.0. The topological polar surface area (TPSA) is 55.1 Å². The Morgan fingerprint density at radius 2 is 2.30 bits per heavy atom. The van der Waals surface area contributed by atoms with Gasteiger partial charge in [0.2, 0.25) is 4.96 Å². The fourth-order valence-corrected chi connectivity index (χ4v) is 4.46. The average Bonchev–Trinajstić information content (AvgIpc) is 3.11. The summed E-state index contributed by atoms with van der Waals surface area (Å²) < 4.78 is 1.90. The summed E-state index contributed by atoms with van der Waals surface area (Å²) in [6, 6.07) is 2.42. The molecule has 0 radical (unpaired) electrons. The number of nitrogens with zero attached hydrogens (tertiary/aromatic N) is 4. The van der Waals surface area contributed by atoms with Crippen LogP contribution in [0.3, 0.4) is 0 Å². The minimum Gasteiger partial charge on any atom is -0.304 e. The first kappa shape index (κ1) is 12.4. The highest BCUT2D eigenvalue weighted by molar-refractivity contribution is 7.16. The van der Waals surface area contributed by atoms with Crippen LogP contribution in [-0.4, -0.2) is 26.4 Å². The van der Waals surface area contributed by atoms with Gasteiger partial charge < -0.3 is 5.32 Å². The van der Waals surface area contributed by atoms with Crippen LogP contribution >= 0.6 is 22.7 Å². The maximum atomic E-state index is 4.75. The number of fused-ring (bicyclic) bond motifs is 2. The molecule has 1 unspecified atom stereocenters. The third-order valence-corrected chi connectivity index (χ3v) is 5.55. The van der Waals surface area contributed by atoms with Crippen molar-refractivity contribution in [2.75, 3.05) is 6.54 Å². The van der Waals surface area contributed by atoms with Crippen molar-refractivity contribution in [3.63, 3.8) is 0 Å². The molecule has 0 aromatic carbocycles. The molecule has 1 aliphatic heterocycles. The monoisotopic (exact) mass is 305 g/mol. The summed E-state index contributed by atoms with van der Waals surface area (Å²) in [5.41, 5.74) is 1.37. The van der Waals surface area contributed by atoms with E-state index in [1.54, 1.807) is 11.3 Å². The molecule has 1 N–H and O–H groups in total. The third kappa shape index (κ3) is 1.81. The minimum absolute atomic E-state index is 0.205. The van der Waals surface area contributed by atoms with Gasteiger partial charge in [0, 0.05) is 17.3 Å². The first-order valence-electron chi connectivity index (χ1n) is 6.75. The fraction of sp³-hybridized carbons (Fsp3) is 0.462. The van der Waals surface area contributed by atoms with Crippen LogP contribution in [-0.2, 0) is 6.42 Å². The van der Waals surface area contributed by atoms with E-state index in [9.17, 15) is 0 Å². The Bertz CT molecular complexity index is 754. The van der Waals surface area contributed by atoms with Gasteiger partial charge in [0.15, 0.2) is 5.82 Å². The third-order valence-electron chi connectivity index (χ3n) is 3.59. The summed E-state index contributed by atoms with van der Waals surface area (Å²) in [4.78, 5) is 2.36. The second kappa shape index (κ2) is 4.61. The molecule has 1 aliphatic rings. The number of nitrogens with one attached hydrogen (secondary N) is 1. The van der Waals surface area contributed by atoms with Crippen LogP contribution in [0.4, 0.5) is 0 Å². The lowest BCUT2D eigenvalue weighted by Crippen LogP contribution is -2.29. The molecule has 0 aliphatic carbocycles. The van der Waals surface area contributed by atoms with Crippen molar-refractivity contribution in [3.05, 3.63) is 32.7 Å². The molecule has 104 valence electrons. The highest BCUT2D eigenvalue weighted by atomic mass is 32.1. The summed E-state index contributed by atoms with van der Waals surface area (Å²) in [5, 5.41) is 20.0. The number of aromatic nitrogens is 4. The van der Waals surface area contributed by atoms with Gasteiger partial charge in [-0.05, 0) is 23.4 Å². The van der Waals surface area contributed by atoms with Crippen molar-refractivity contribution in [1.82, 2.24) is 25.1 Å². The Labute approximate surface area is 124 Å². The van der Waals surface area contributed by atoms with E-state index < -0.39 is 0 Å². The summed E-state index contributed by atoms with van der Waals surface area (Å²) in [6.07, 6.45) is 1.12. The normalized spacial score (nSPS) is 18.9. The summed E-state index contributed by atoms with van der Waals surface area (Å²) >= 11 is 3.47. The Balaban J connectivity index is 1.80. The van der Waals surface area contributed by atoms with Crippen molar-refractivity contribution in [3.8, 4) is 0 Å². The van der Waals surface area contributed by atoms with Crippen molar-refractivity contribution in [1.29, 1.82) is 0 Å². The standard InChI is InChI=1S/C13H15N5S2/c1-7(2)11-15-16-13-18(11)17-12(20-13)10-8-4-6-19-9(8)3-5-14-10/h4,6-7,10,14H,3,5H2,1-2H3. The van der Waals surface area contributed by atoms with E-state index in [4.69, 9.17) is 5.10 Å². The molecule has 0 fully saturated rings. The molecule has 4 heterocycles. The van der Waals surface area contributed by atoms with Crippen LogP contribution in [0.1, 0.15) is 47.1 Å². The lowest BCUT2D eigenvalue weighted by Gasteiger charge is -2.21. The van der Waals surface area contributed by atoms with Crippen molar-refractivity contribution >= 4 is 27.6 Å². The van der Waals surface area contributed by atoms with Crippen LogP contribution in [0, 0.1) is 0 Å². The highest BCUT2D eigenvalue weighted by Crippen LogP contribution is 2.34.